The molecule has 1 aromatic rings. The van der Waals surface area contributed by atoms with Crippen molar-refractivity contribution in [2.24, 2.45) is 0 Å². The molecule has 1 aromatic carbocycles. The van der Waals surface area contributed by atoms with E-state index in [4.69, 9.17) is 5.11 Å². The van der Waals surface area contributed by atoms with Gasteiger partial charge in [0, 0.05) is 4.47 Å². The molecule has 0 radical (unpaired) electrons. The van der Waals surface area contributed by atoms with Crippen molar-refractivity contribution in [3.8, 4) is 0 Å². The standard InChI is InChI=1S/C10H9BrFNO2/c1-2-9(13-10(14)15)6-3-7(11)5-8(12)4-6/h2-5,9,13H,1H2,(H,14,15). The van der Waals surface area contributed by atoms with E-state index in [1.165, 1.54) is 18.2 Å². The van der Waals surface area contributed by atoms with Gasteiger partial charge in [0.05, 0.1) is 6.04 Å². The molecule has 5 heteroatoms. The van der Waals surface area contributed by atoms with E-state index in [9.17, 15) is 9.18 Å². The van der Waals surface area contributed by atoms with Gasteiger partial charge in [-0.25, -0.2) is 9.18 Å². The highest BCUT2D eigenvalue weighted by Gasteiger charge is 2.11. The molecule has 0 bridgehead atoms. The Kier molecular flexibility index (Phi) is 3.85. The Labute approximate surface area is 94.7 Å². The fourth-order valence-corrected chi connectivity index (χ4v) is 1.65. The van der Waals surface area contributed by atoms with Crippen LogP contribution in [-0.4, -0.2) is 11.2 Å². The number of halogens is 2. The average molecular weight is 274 g/mol. The SMILES string of the molecule is C=CC(NC(=O)O)c1cc(F)cc(Br)c1. The highest BCUT2D eigenvalue weighted by Crippen LogP contribution is 2.21. The molecule has 2 N–H and O–H groups in total. The third-order valence-corrected chi connectivity index (χ3v) is 2.22. The first kappa shape index (κ1) is 11.7. The molecule has 3 nitrogen and oxygen atoms in total. The fraction of sp³-hybridized carbons (Fsp3) is 0.100. The van der Waals surface area contributed by atoms with E-state index in [-0.39, 0.29) is 0 Å². The highest BCUT2D eigenvalue weighted by atomic mass is 79.9. The topological polar surface area (TPSA) is 49.3 Å². The van der Waals surface area contributed by atoms with Crippen LogP contribution >= 0.6 is 15.9 Å². The number of nitrogens with one attached hydrogen (secondary N) is 1. The normalized spacial score (nSPS) is 11.9. The molecule has 1 atom stereocenters. The molecule has 0 fully saturated rings. The van der Waals surface area contributed by atoms with Crippen LogP contribution in [0.2, 0.25) is 0 Å². The van der Waals surface area contributed by atoms with Crippen LogP contribution in [0, 0.1) is 5.82 Å². The summed E-state index contributed by atoms with van der Waals surface area (Å²) < 4.78 is 13.6. The maximum atomic E-state index is 13.0. The Balaban J connectivity index is 3.00. The number of carbonyl (C=O) groups is 1. The zero-order chi connectivity index (χ0) is 11.4. The summed E-state index contributed by atoms with van der Waals surface area (Å²) in [6, 6.07) is 3.57. The smallest absolute Gasteiger partial charge is 0.405 e. The quantitative estimate of drug-likeness (QED) is 0.832. The van der Waals surface area contributed by atoms with Crippen molar-refractivity contribution in [3.63, 3.8) is 0 Å². The predicted octanol–water partition coefficient (Wildman–Crippen LogP) is 3.08. The van der Waals surface area contributed by atoms with Crippen LogP contribution in [-0.2, 0) is 0 Å². The molecule has 0 aromatic heterocycles. The molecule has 0 aliphatic rings. The Morgan fingerprint density at radius 3 is 2.73 bits per heavy atom. The van der Waals surface area contributed by atoms with E-state index in [1.54, 1.807) is 6.07 Å². The van der Waals surface area contributed by atoms with Crippen molar-refractivity contribution >= 4 is 22.0 Å². The molecular weight excluding hydrogens is 265 g/mol. The van der Waals surface area contributed by atoms with E-state index < -0.39 is 18.0 Å². The van der Waals surface area contributed by atoms with E-state index in [1.807, 2.05) is 0 Å². The number of amides is 1. The molecule has 1 unspecified atom stereocenters. The summed E-state index contributed by atoms with van der Waals surface area (Å²) >= 11 is 3.13. The van der Waals surface area contributed by atoms with Gasteiger partial charge in [0.25, 0.3) is 0 Å². The Bertz CT molecular complexity index is 375. The van der Waals surface area contributed by atoms with Crippen LogP contribution in [0.5, 0.6) is 0 Å². The summed E-state index contributed by atoms with van der Waals surface area (Å²) in [5.74, 6) is -0.432. The zero-order valence-corrected chi connectivity index (χ0v) is 9.29. The van der Waals surface area contributed by atoms with Gasteiger partial charge in [0.2, 0.25) is 0 Å². The average Bonchev–Trinajstić information content (AvgIpc) is 2.12. The lowest BCUT2D eigenvalue weighted by Crippen LogP contribution is -2.25. The Hall–Kier alpha value is -1.36. The molecule has 0 saturated carbocycles. The third-order valence-electron chi connectivity index (χ3n) is 1.76. The third kappa shape index (κ3) is 3.36. The summed E-state index contributed by atoms with van der Waals surface area (Å²) in [5.41, 5.74) is 0.499. The van der Waals surface area contributed by atoms with Crippen molar-refractivity contribution in [2.45, 2.75) is 6.04 Å². The second-order valence-corrected chi connectivity index (χ2v) is 3.78. The molecule has 0 aliphatic carbocycles. The van der Waals surface area contributed by atoms with Gasteiger partial charge < -0.3 is 10.4 Å². The lowest BCUT2D eigenvalue weighted by molar-refractivity contribution is 0.192. The summed E-state index contributed by atoms with van der Waals surface area (Å²) in [6.07, 6.45) is 0.218. The minimum absolute atomic E-state index is 0.432. The van der Waals surface area contributed by atoms with E-state index in [0.29, 0.717) is 10.0 Å². The molecule has 0 aliphatic heterocycles. The van der Waals surface area contributed by atoms with Gasteiger partial charge in [-0.2, -0.15) is 0 Å². The van der Waals surface area contributed by atoms with Crippen molar-refractivity contribution in [2.75, 3.05) is 0 Å². The largest absolute Gasteiger partial charge is 0.465 e. The molecule has 0 heterocycles. The minimum atomic E-state index is -1.18. The first-order valence-electron chi connectivity index (χ1n) is 4.11. The van der Waals surface area contributed by atoms with Crippen LogP contribution in [0.25, 0.3) is 0 Å². The Morgan fingerprint density at radius 2 is 2.27 bits per heavy atom. The van der Waals surface area contributed by atoms with E-state index >= 15 is 0 Å². The molecule has 0 spiro atoms. The van der Waals surface area contributed by atoms with Gasteiger partial charge in [0.15, 0.2) is 0 Å². The van der Waals surface area contributed by atoms with Crippen LogP contribution in [0.4, 0.5) is 9.18 Å². The van der Waals surface area contributed by atoms with Crippen LogP contribution in [0.1, 0.15) is 11.6 Å². The summed E-state index contributed by atoms with van der Waals surface area (Å²) in [5, 5.41) is 10.8. The van der Waals surface area contributed by atoms with Crippen molar-refractivity contribution < 1.29 is 14.3 Å². The molecular formula is C10H9BrFNO2. The molecule has 1 amide bonds. The van der Waals surface area contributed by atoms with Gasteiger partial charge in [-0.1, -0.05) is 22.0 Å². The van der Waals surface area contributed by atoms with Gasteiger partial charge in [-0.05, 0) is 23.8 Å². The minimum Gasteiger partial charge on any atom is -0.465 e. The second-order valence-electron chi connectivity index (χ2n) is 2.87. The molecule has 80 valence electrons. The van der Waals surface area contributed by atoms with Gasteiger partial charge in [0.1, 0.15) is 5.82 Å². The van der Waals surface area contributed by atoms with Crippen LogP contribution < -0.4 is 5.32 Å². The maximum Gasteiger partial charge on any atom is 0.405 e. The lowest BCUT2D eigenvalue weighted by Gasteiger charge is -2.13. The summed E-state index contributed by atoms with van der Waals surface area (Å²) in [6.45, 7) is 3.49. The van der Waals surface area contributed by atoms with Crippen molar-refractivity contribution in [1.29, 1.82) is 0 Å². The van der Waals surface area contributed by atoms with Crippen molar-refractivity contribution in [3.05, 3.63) is 46.7 Å². The maximum absolute atomic E-state index is 13.0. The zero-order valence-electron chi connectivity index (χ0n) is 7.71. The van der Waals surface area contributed by atoms with Gasteiger partial charge >= 0.3 is 6.09 Å². The lowest BCUT2D eigenvalue weighted by atomic mass is 10.1. The number of benzene rings is 1. The van der Waals surface area contributed by atoms with Crippen LogP contribution in [0.3, 0.4) is 0 Å². The number of carboxylic acid groups (broad SMARTS) is 1. The van der Waals surface area contributed by atoms with Gasteiger partial charge in [-0.15, -0.1) is 6.58 Å². The van der Waals surface area contributed by atoms with E-state index in [2.05, 4.69) is 27.8 Å². The predicted molar refractivity (Wildman–Crippen MR) is 58.2 cm³/mol. The fourth-order valence-electron chi connectivity index (χ4n) is 1.17. The monoisotopic (exact) mass is 273 g/mol. The molecule has 15 heavy (non-hydrogen) atoms. The number of hydrogen-bond donors (Lipinski definition) is 2. The summed E-state index contributed by atoms with van der Waals surface area (Å²) in [7, 11) is 0. The van der Waals surface area contributed by atoms with Crippen LogP contribution in [0.15, 0.2) is 35.3 Å². The number of rotatable bonds is 3. The Morgan fingerprint density at radius 1 is 1.60 bits per heavy atom. The first-order valence-corrected chi connectivity index (χ1v) is 4.90. The highest BCUT2D eigenvalue weighted by molar-refractivity contribution is 9.10. The van der Waals surface area contributed by atoms with E-state index in [0.717, 1.165) is 0 Å². The molecule has 0 saturated heterocycles. The summed E-state index contributed by atoms with van der Waals surface area (Å²) in [4.78, 5) is 10.4. The number of hydrogen-bond acceptors (Lipinski definition) is 1. The van der Waals surface area contributed by atoms with Crippen molar-refractivity contribution in [1.82, 2.24) is 5.32 Å². The second kappa shape index (κ2) is 4.93. The van der Waals surface area contributed by atoms with Gasteiger partial charge in [-0.3, -0.25) is 0 Å². The first-order chi connectivity index (χ1) is 7.02. The molecule has 1 rings (SSSR count).